The van der Waals surface area contributed by atoms with Gasteiger partial charge in [-0.15, -0.1) is 0 Å². The lowest BCUT2D eigenvalue weighted by molar-refractivity contribution is -0.157. The second-order valence-corrected chi connectivity index (χ2v) is 9.43. The molecule has 0 aromatic heterocycles. The van der Waals surface area contributed by atoms with E-state index in [1.165, 1.54) is 5.56 Å². The number of amides is 1. The molecule has 0 heterocycles. The minimum atomic E-state index is -0.735. The van der Waals surface area contributed by atoms with Gasteiger partial charge in [-0.3, -0.25) is 0 Å². The van der Waals surface area contributed by atoms with E-state index < -0.39 is 29.3 Å². The number of unbranched alkanes of at least 4 members (excludes halogenated alkanes) is 2. The Morgan fingerprint density at radius 2 is 1.50 bits per heavy atom. The van der Waals surface area contributed by atoms with Crippen molar-refractivity contribution in [1.82, 2.24) is 5.32 Å². The summed E-state index contributed by atoms with van der Waals surface area (Å²) in [5, 5.41) is 2.66. The van der Waals surface area contributed by atoms with Crippen LogP contribution in [0.1, 0.15) is 79.7 Å². The summed E-state index contributed by atoms with van der Waals surface area (Å²) in [6.07, 6.45) is 3.39. The van der Waals surface area contributed by atoms with Crippen LogP contribution in [0.5, 0.6) is 5.75 Å². The van der Waals surface area contributed by atoms with E-state index in [1.807, 2.05) is 12.1 Å². The Hall–Kier alpha value is -2.24. The second-order valence-electron chi connectivity index (χ2n) is 9.43. The number of hydrogen-bond acceptors (Lipinski definition) is 5. The zero-order chi connectivity index (χ0) is 22.8. The lowest BCUT2D eigenvalue weighted by atomic mass is 10.1. The Kier molecular flexibility index (Phi) is 10.2. The molecule has 1 atom stereocenters. The fraction of sp³-hybridized carbons (Fsp3) is 0.667. The summed E-state index contributed by atoms with van der Waals surface area (Å²) in [7, 11) is 0. The third-order valence-corrected chi connectivity index (χ3v) is 4.12. The van der Waals surface area contributed by atoms with E-state index in [0.717, 1.165) is 31.4 Å². The highest BCUT2D eigenvalue weighted by atomic mass is 16.6. The van der Waals surface area contributed by atoms with Crippen molar-refractivity contribution in [2.24, 2.45) is 0 Å². The summed E-state index contributed by atoms with van der Waals surface area (Å²) in [6, 6.07) is 7.39. The number of esters is 1. The summed E-state index contributed by atoms with van der Waals surface area (Å²) in [5.41, 5.74) is 0.0365. The van der Waals surface area contributed by atoms with Crippen molar-refractivity contribution in [3.8, 4) is 5.75 Å². The van der Waals surface area contributed by atoms with Gasteiger partial charge in [0.2, 0.25) is 0 Å². The molecule has 0 bridgehead atoms. The summed E-state index contributed by atoms with van der Waals surface area (Å²) in [6.45, 7) is 13.5. The van der Waals surface area contributed by atoms with Crippen LogP contribution in [0.3, 0.4) is 0 Å². The number of nitrogens with one attached hydrogen (secondary N) is 1. The summed E-state index contributed by atoms with van der Waals surface area (Å²) >= 11 is 0. The maximum atomic E-state index is 12.5. The predicted molar refractivity (Wildman–Crippen MR) is 119 cm³/mol. The minimum Gasteiger partial charge on any atom is -0.494 e. The number of rotatable bonds is 10. The average Bonchev–Trinajstić information content (AvgIpc) is 2.61. The molecule has 0 aliphatic carbocycles. The van der Waals surface area contributed by atoms with Gasteiger partial charge in [-0.2, -0.15) is 0 Å². The maximum Gasteiger partial charge on any atom is 0.408 e. The van der Waals surface area contributed by atoms with Gasteiger partial charge in [0.1, 0.15) is 23.0 Å². The van der Waals surface area contributed by atoms with E-state index in [0.29, 0.717) is 13.0 Å². The molecule has 1 unspecified atom stereocenters. The molecule has 0 aliphatic heterocycles. The van der Waals surface area contributed by atoms with Crippen LogP contribution in [0.2, 0.25) is 0 Å². The molecule has 1 aromatic carbocycles. The molecule has 1 aromatic rings. The number of carbonyl (C=O) groups is 2. The normalized spacial score (nSPS) is 12.8. The first-order valence-electron chi connectivity index (χ1n) is 10.8. The van der Waals surface area contributed by atoms with Gasteiger partial charge in [-0.25, -0.2) is 9.59 Å². The first kappa shape index (κ1) is 25.8. The molecule has 0 fully saturated rings. The molecule has 0 saturated heterocycles. The maximum absolute atomic E-state index is 12.5. The van der Waals surface area contributed by atoms with Crippen molar-refractivity contribution in [3.05, 3.63) is 29.8 Å². The molecule has 6 heteroatoms. The van der Waals surface area contributed by atoms with Crippen LogP contribution in [0, 0.1) is 0 Å². The van der Waals surface area contributed by atoms with Gasteiger partial charge < -0.3 is 19.5 Å². The van der Waals surface area contributed by atoms with Crippen molar-refractivity contribution in [3.63, 3.8) is 0 Å². The third-order valence-electron chi connectivity index (χ3n) is 4.12. The lowest BCUT2D eigenvalue weighted by Crippen LogP contribution is -2.46. The molecule has 0 aliphatic rings. The van der Waals surface area contributed by atoms with Crippen molar-refractivity contribution in [2.75, 3.05) is 6.61 Å². The van der Waals surface area contributed by atoms with E-state index >= 15 is 0 Å². The van der Waals surface area contributed by atoms with Crippen LogP contribution < -0.4 is 10.1 Å². The number of alkyl carbamates (subject to hydrolysis) is 1. The van der Waals surface area contributed by atoms with Gasteiger partial charge in [0.15, 0.2) is 0 Å². The molecule has 30 heavy (non-hydrogen) atoms. The highest BCUT2D eigenvalue weighted by Gasteiger charge is 2.28. The number of aryl methyl sites for hydroxylation is 1. The molecule has 1 rings (SSSR count). The molecule has 1 N–H and O–H groups in total. The Morgan fingerprint density at radius 3 is 2.03 bits per heavy atom. The zero-order valence-electron chi connectivity index (χ0n) is 19.7. The molecule has 170 valence electrons. The van der Waals surface area contributed by atoms with Crippen molar-refractivity contribution in [2.45, 2.75) is 97.8 Å². The SMILES string of the molecule is CCc1ccc(OCCCCCC(NC(=O)OC(C)(C)C)C(=O)OC(C)(C)C)cc1. The van der Waals surface area contributed by atoms with E-state index in [4.69, 9.17) is 14.2 Å². The Balaban J connectivity index is 2.45. The molecular weight excluding hydrogens is 382 g/mol. The molecule has 1 amide bonds. The second kappa shape index (κ2) is 11.8. The van der Waals surface area contributed by atoms with E-state index in [1.54, 1.807) is 41.5 Å². The van der Waals surface area contributed by atoms with Crippen LogP contribution in [-0.2, 0) is 20.7 Å². The van der Waals surface area contributed by atoms with Crippen molar-refractivity contribution < 1.29 is 23.8 Å². The van der Waals surface area contributed by atoms with Crippen LogP contribution in [-0.4, -0.2) is 35.9 Å². The number of hydrogen-bond donors (Lipinski definition) is 1. The zero-order valence-corrected chi connectivity index (χ0v) is 19.7. The number of ether oxygens (including phenoxy) is 3. The number of benzene rings is 1. The predicted octanol–water partition coefficient (Wildman–Crippen LogP) is 5.42. The van der Waals surface area contributed by atoms with E-state index in [-0.39, 0.29) is 0 Å². The standard InChI is InChI=1S/C24H39NO5/c1-8-18-13-15-19(16-14-18)28-17-11-9-10-12-20(21(26)29-23(2,3)4)25-22(27)30-24(5,6)7/h13-16,20H,8-12,17H2,1-7H3,(H,25,27). The lowest BCUT2D eigenvalue weighted by Gasteiger charge is -2.26. The van der Waals surface area contributed by atoms with Gasteiger partial charge in [0.25, 0.3) is 0 Å². The highest BCUT2D eigenvalue weighted by molar-refractivity contribution is 5.81. The smallest absolute Gasteiger partial charge is 0.408 e. The fourth-order valence-electron chi connectivity index (χ4n) is 2.71. The van der Waals surface area contributed by atoms with Gasteiger partial charge in [-0.1, -0.05) is 25.5 Å². The van der Waals surface area contributed by atoms with Gasteiger partial charge in [0, 0.05) is 0 Å². The summed E-state index contributed by atoms with van der Waals surface area (Å²) in [4.78, 5) is 24.6. The molecule has 0 radical (unpaired) electrons. The first-order chi connectivity index (χ1) is 13.9. The van der Waals surface area contributed by atoms with Crippen molar-refractivity contribution in [1.29, 1.82) is 0 Å². The molecule has 0 spiro atoms. The average molecular weight is 422 g/mol. The van der Waals surface area contributed by atoms with Crippen LogP contribution >= 0.6 is 0 Å². The Bertz CT molecular complexity index is 656. The van der Waals surface area contributed by atoms with Crippen LogP contribution in [0.25, 0.3) is 0 Å². The van der Waals surface area contributed by atoms with Crippen LogP contribution in [0.15, 0.2) is 24.3 Å². The quantitative estimate of drug-likeness (QED) is 0.403. The largest absolute Gasteiger partial charge is 0.494 e. The topological polar surface area (TPSA) is 73.9 Å². The molecule has 6 nitrogen and oxygen atoms in total. The monoisotopic (exact) mass is 421 g/mol. The number of carbonyl (C=O) groups excluding carboxylic acids is 2. The van der Waals surface area contributed by atoms with Crippen LogP contribution in [0.4, 0.5) is 4.79 Å². The first-order valence-corrected chi connectivity index (χ1v) is 10.8. The summed E-state index contributed by atoms with van der Waals surface area (Å²) in [5.74, 6) is 0.422. The molecular formula is C24H39NO5. The fourth-order valence-corrected chi connectivity index (χ4v) is 2.71. The van der Waals surface area contributed by atoms with Gasteiger partial charge in [0.05, 0.1) is 6.61 Å². The Labute approximate surface area is 181 Å². The highest BCUT2D eigenvalue weighted by Crippen LogP contribution is 2.15. The summed E-state index contributed by atoms with van der Waals surface area (Å²) < 4.78 is 16.5. The Morgan fingerprint density at radius 1 is 0.900 bits per heavy atom. The molecule has 0 saturated carbocycles. The van der Waals surface area contributed by atoms with Gasteiger partial charge >= 0.3 is 12.1 Å². The minimum absolute atomic E-state index is 0.444. The van der Waals surface area contributed by atoms with Gasteiger partial charge in [-0.05, 0) is 84.9 Å². The van der Waals surface area contributed by atoms with E-state index in [9.17, 15) is 9.59 Å². The van der Waals surface area contributed by atoms with E-state index in [2.05, 4.69) is 24.4 Å². The van der Waals surface area contributed by atoms with Crippen molar-refractivity contribution >= 4 is 12.1 Å². The third kappa shape index (κ3) is 11.7.